The number of hydrogen-bond acceptors (Lipinski definition) is 3. The van der Waals surface area contributed by atoms with Gasteiger partial charge in [-0.2, -0.15) is 0 Å². The Bertz CT molecular complexity index is 285. The largest absolute Gasteiger partial charge is 0.480 e. The van der Waals surface area contributed by atoms with Crippen molar-refractivity contribution in [3.63, 3.8) is 0 Å². The van der Waals surface area contributed by atoms with Crippen LogP contribution in [0.3, 0.4) is 0 Å². The Hall–Kier alpha value is -1.30. The Morgan fingerprint density at radius 3 is 2.29 bits per heavy atom. The predicted molar refractivity (Wildman–Crippen MR) is 61.7 cm³/mol. The van der Waals surface area contributed by atoms with Crippen LogP contribution in [-0.4, -0.2) is 51.8 Å². The van der Waals surface area contributed by atoms with E-state index in [2.05, 4.69) is 5.32 Å². The first-order chi connectivity index (χ1) is 7.97. The fraction of sp³-hybridized carbons (Fsp3) is 0.818. The molecule has 1 aliphatic rings. The van der Waals surface area contributed by atoms with Gasteiger partial charge in [0.1, 0.15) is 0 Å². The molecule has 0 aromatic heterocycles. The monoisotopic (exact) mass is 244 g/mol. The van der Waals surface area contributed by atoms with Crippen molar-refractivity contribution in [1.82, 2.24) is 10.2 Å². The molecule has 0 aromatic rings. The van der Waals surface area contributed by atoms with Gasteiger partial charge in [-0.1, -0.05) is 0 Å². The molecule has 1 saturated heterocycles. The summed E-state index contributed by atoms with van der Waals surface area (Å²) in [6.45, 7) is 3.30. The first kappa shape index (κ1) is 13.8. The molecule has 0 bridgehead atoms. The Kier molecular flexibility index (Phi) is 4.74. The topological polar surface area (TPSA) is 89.9 Å². The van der Waals surface area contributed by atoms with Gasteiger partial charge < -0.3 is 20.4 Å². The van der Waals surface area contributed by atoms with Crippen molar-refractivity contribution in [2.75, 3.05) is 6.61 Å². The van der Waals surface area contributed by atoms with Gasteiger partial charge in [0.25, 0.3) is 0 Å². The third-order valence-corrected chi connectivity index (χ3v) is 3.21. The van der Waals surface area contributed by atoms with Gasteiger partial charge in [0.2, 0.25) is 0 Å². The van der Waals surface area contributed by atoms with Gasteiger partial charge in [0, 0.05) is 12.1 Å². The number of carbonyl (C=O) groups excluding carboxylic acids is 1. The number of amides is 2. The van der Waals surface area contributed by atoms with E-state index in [1.807, 2.05) is 13.8 Å². The second-order valence-electron chi connectivity index (χ2n) is 4.56. The molecule has 2 amide bonds. The van der Waals surface area contributed by atoms with Crippen LogP contribution in [-0.2, 0) is 4.79 Å². The van der Waals surface area contributed by atoms with E-state index in [0.717, 1.165) is 19.3 Å². The third-order valence-electron chi connectivity index (χ3n) is 3.21. The van der Waals surface area contributed by atoms with E-state index < -0.39 is 24.6 Å². The minimum Gasteiger partial charge on any atom is -0.480 e. The van der Waals surface area contributed by atoms with Crippen molar-refractivity contribution in [2.45, 2.75) is 51.2 Å². The van der Waals surface area contributed by atoms with E-state index >= 15 is 0 Å². The zero-order valence-electron chi connectivity index (χ0n) is 10.2. The highest BCUT2D eigenvalue weighted by molar-refractivity contribution is 5.83. The molecule has 6 nitrogen and oxygen atoms in total. The van der Waals surface area contributed by atoms with Crippen LogP contribution in [0.4, 0.5) is 4.79 Å². The van der Waals surface area contributed by atoms with E-state index in [4.69, 9.17) is 10.2 Å². The maximum Gasteiger partial charge on any atom is 0.328 e. The van der Waals surface area contributed by atoms with Crippen LogP contribution >= 0.6 is 0 Å². The number of urea groups is 1. The van der Waals surface area contributed by atoms with E-state index in [9.17, 15) is 9.59 Å². The van der Waals surface area contributed by atoms with Gasteiger partial charge in [-0.25, -0.2) is 9.59 Å². The van der Waals surface area contributed by atoms with Crippen LogP contribution in [0.15, 0.2) is 0 Å². The summed E-state index contributed by atoms with van der Waals surface area (Å²) in [5.74, 6) is -1.22. The molecule has 0 aliphatic carbocycles. The quantitative estimate of drug-likeness (QED) is 0.670. The Morgan fingerprint density at radius 2 is 1.88 bits per heavy atom. The SMILES string of the molecule is C[C@@H]1CCC[C@H](C)N1C(=O)NC(CO)C(=O)O. The zero-order chi connectivity index (χ0) is 13.0. The molecular weight excluding hydrogens is 224 g/mol. The maximum absolute atomic E-state index is 11.9. The van der Waals surface area contributed by atoms with Gasteiger partial charge in [-0.15, -0.1) is 0 Å². The van der Waals surface area contributed by atoms with Crippen LogP contribution in [0.2, 0.25) is 0 Å². The molecule has 17 heavy (non-hydrogen) atoms. The van der Waals surface area contributed by atoms with E-state index in [-0.39, 0.29) is 12.1 Å². The van der Waals surface area contributed by atoms with E-state index in [0.29, 0.717) is 0 Å². The summed E-state index contributed by atoms with van der Waals surface area (Å²) in [6.07, 6.45) is 2.93. The smallest absolute Gasteiger partial charge is 0.328 e. The highest BCUT2D eigenvalue weighted by atomic mass is 16.4. The number of carbonyl (C=O) groups is 2. The lowest BCUT2D eigenvalue weighted by molar-refractivity contribution is -0.140. The zero-order valence-corrected chi connectivity index (χ0v) is 10.2. The molecule has 1 heterocycles. The highest BCUT2D eigenvalue weighted by Crippen LogP contribution is 2.22. The molecule has 1 aliphatic heterocycles. The lowest BCUT2D eigenvalue weighted by atomic mass is 9.98. The predicted octanol–water partition coefficient (Wildman–Crippen LogP) is 0.404. The lowest BCUT2D eigenvalue weighted by Crippen LogP contribution is -2.56. The number of rotatable bonds is 3. The number of aliphatic hydroxyl groups excluding tert-OH is 1. The molecule has 1 rings (SSSR count). The number of nitrogens with one attached hydrogen (secondary N) is 1. The fourth-order valence-corrected chi connectivity index (χ4v) is 2.23. The average Bonchev–Trinajstić information content (AvgIpc) is 2.25. The van der Waals surface area contributed by atoms with Gasteiger partial charge in [0.05, 0.1) is 6.61 Å². The van der Waals surface area contributed by atoms with Crippen LogP contribution in [0.5, 0.6) is 0 Å². The second kappa shape index (κ2) is 5.86. The Balaban J connectivity index is 2.64. The summed E-state index contributed by atoms with van der Waals surface area (Å²) in [5.41, 5.74) is 0. The summed E-state index contributed by atoms with van der Waals surface area (Å²) >= 11 is 0. The summed E-state index contributed by atoms with van der Waals surface area (Å²) < 4.78 is 0. The van der Waals surface area contributed by atoms with Crippen molar-refractivity contribution in [1.29, 1.82) is 0 Å². The lowest BCUT2D eigenvalue weighted by Gasteiger charge is -2.39. The number of aliphatic hydroxyl groups is 1. The number of nitrogens with zero attached hydrogens (tertiary/aromatic N) is 1. The number of piperidine rings is 1. The van der Waals surface area contributed by atoms with Crippen LogP contribution in [0, 0.1) is 0 Å². The first-order valence-electron chi connectivity index (χ1n) is 5.89. The summed E-state index contributed by atoms with van der Waals surface area (Å²) in [6, 6.07) is -1.44. The molecule has 0 saturated carbocycles. The Labute approximate surface area is 101 Å². The van der Waals surface area contributed by atoms with E-state index in [1.54, 1.807) is 4.90 Å². The summed E-state index contributed by atoms with van der Waals surface area (Å²) in [7, 11) is 0. The number of hydrogen-bond donors (Lipinski definition) is 3. The second-order valence-corrected chi connectivity index (χ2v) is 4.56. The molecular formula is C11H20N2O4. The van der Waals surface area contributed by atoms with Crippen molar-refractivity contribution in [2.24, 2.45) is 0 Å². The van der Waals surface area contributed by atoms with E-state index in [1.165, 1.54) is 0 Å². The van der Waals surface area contributed by atoms with Crippen molar-refractivity contribution >= 4 is 12.0 Å². The Morgan fingerprint density at radius 1 is 1.35 bits per heavy atom. The van der Waals surface area contributed by atoms with Crippen molar-refractivity contribution < 1.29 is 19.8 Å². The van der Waals surface area contributed by atoms with Gasteiger partial charge in [-0.05, 0) is 33.1 Å². The standard InChI is InChI=1S/C11H20N2O4/c1-7-4-3-5-8(2)13(7)11(17)12-9(6-14)10(15)16/h7-9,14H,3-6H2,1-2H3,(H,12,17)(H,15,16)/t7-,8+,9?. The molecule has 3 atom stereocenters. The number of carboxylic acid groups (broad SMARTS) is 1. The summed E-state index contributed by atoms with van der Waals surface area (Å²) in [5, 5.41) is 20.0. The fourth-order valence-electron chi connectivity index (χ4n) is 2.23. The third kappa shape index (κ3) is 3.33. The van der Waals surface area contributed by atoms with Gasteiger partial charge >= 0.3 is 12.0 Å². The molecule has 98 valence electrons. The van der Waals surface area contributed by atoms with Gasteiger partial charge in [0.15, 0.2) is 6.04 Å². The molecule has 1 unspecified atom stereocenters. The minimum absolute atomic E-state index is 0.104. The van der Waals surface area contributed by atoms with Gasteiger partial charge in [-0.3, -0.25) is 0 Å². The number of likely N-dealkylation sites (tertiary alicyclic amines) is 1. The molecule has 0 radical (unpaired) electrons. The van der Waals surface area contributed by atoms with Crippen LogP contribution < -0.4 is 5.32 Å². The molecule has 6 heteroatoms. The average molecular weight is 244 g/mol. The molecule has 3 N–H and O–H groups in total. The minimum atomic E-state index is -1.23. The summed E-state index contributed by atoms with van der Waals surface area (Å²) in [4.78, 5) is 24.3. The van der Waals surface area contributed by atoms with Crippen molar-refractivity contribution in [3.8, 4) is 0 Å². The van der Waals surface area contributed by atoms with Crippen LogP contribution in [0.25, 0.3) is 0 Å². The van der Waals surface area contributed by atoms with Crippen LogP contribution in [0.1, 0.15) is 33.1 Å². The molecule has 0 spiro atoms. The van der Waals surface area contributed by atoms with Crippen molar-refractivity contribution in [3.05, 3.63) is 0 Å². The molecule has 0 aromatic carbocycles. The normalized spacial score (nSPS) is 26.4. The number of aliphatic carboxylic acids is 1. The first-order valence-corrected chi connectivity index (χ1v) is 5.89. The number of carboxylic acids is 1. The maximum atomic E-state index is 11.9. The molecule has 1 fully saturated rings. The highest BCUT2D eigenvalue weighted by Gasteiger charge is 2.31.